The van der Waals surface area contributed by atoms with Crippen LogP contribution in [0.3, 0.4) is 0 Å². The molecule has 6 heteroatoms. The summed E-state index contributed by atoms with van der Waals surface area (Å²) in [5.41, 5.74) is 6.05. The molecule has 0 radical (unpaired) electrons. The summed E-state index contributed by atoms with van der Waals surface area (Å²) in [7, 11) is 2.06. The van der Waals surface area contributed by atoms with Crippen LogP contribution in [0.5, 0.6) is 0 Å². The van der Waals surface area contributed by atoms with Crippen LogP contribution in [0, 0.1) is 13.8 Å². The smallest absolute Gasteiger partial charge is 0.255 e. The minimum Gasteiger partial charge on any atom is -0.378 e. The lowest BCUT2D eigenvalue weighted by atomic mass is 10.0. The number of fused-ring (bicyclic) bond motifs is 1. The van der Waals surface area contributed by atoms with Gasteiger partial charge in [0.25, 0.3) is 5.91 Å². The summed E-state index contributed by atoms with van der Waals surface area (Å²) in [6.07, 6.45) is 0.561. The summed E-state index contributed by atoms with van der Waals surface area (Å²) in [4.78, 5) is 14.7. The summed E-state index contributed by atoms with van der Waals surface area (Å²) < 4.78 is 7.53. The summed E-state index contributed by atoms with van der Waals surface area (Å²) >= 11 is 13.2. The second kappa shape index (κ2) is 8.02. The van der Waals surface area contributed by atoms with Crippen LogP contribution in [0.4, 0.5) is 0 Å². The normalized spacial score (nSPS) is 14.6. The van der Waals surface area contributed by atoms with Gasteiger partial charge in [-0.1, -0.05) is 29.3 Å². The Morgan fingerprint density at radius 3 is 2.55 bits per heavy atom. The molecule has 0 saturated carbocycles. The van der Waals surface area contributed by atoms with E-state index >= 15 is 0 Å². The number of aromatic nitrogens is 1. The van der Waals surface area contributed by atoms with Crippen molar-refractivity contribution in [1.82, 2.24) is 9.47 Å². The van der Waals surface area contributed by atoms with Crippen LogP contribution >= 0.6 is 23.2 Å². The monoisotopic (exact) mass is 430 g/mol. The Bertz CT molecular complexity index is 1100. The number of carbonyl (C=O) groups is 1. The molecule has 2 aromatic carbocycles. The summed E-state index contributed by atoms with van der Waals surface area (Å²) in [5.74, 6) is -0.0697. The van der Waals surface area contributed by atoms with E-state index in [9.17, 15) is 4.79 Å². The lowest BCUT2D eigenvalue weighted by Crippen LogP contribution is -2.40. The van der Waals surface area contributed by atoms with Crippen LogP contribution in [0.25, 0.3) is 10.9 Å². The number of halogens is 2. The molecule has 1 amide bonds. The molecule has 152 valence electrons. The fraction of sp³-hybridized carbons (Fsp3) is 0.348. The van der Waals surface area contributed by atoms with Crippen LogP contribution in [-0.4, -0.2) is 41.7 Å². The van der Waals surface area contributed by atoms with E-state index in [-0.39, 0.29) is 5.91 Å². The number of morpholine rings is 1. The van der Waals surface area contributed by atoms with Crippen molar-refractivity contribution in [2.24, 2.45) is 7.05 Å². The Kier molecular flexibility index (Phi) is 5.60. The molecule has 0 bridgehead atoms. The van der Waals surface area contributed by atoms with Gasteiger partial charge in [-0.25, -0.2) is 0 Å². The molecule has 1 aliphatic rings. The minimum absolute atomic E-state index is 0.0697. The standard InChI is InChI=1S/C23H24Cl2N2O2/c1-14-10-15(2)18-12-16(26(3)21(18)11-14)13-19-20(24)5-4-17(22(19)25)23(28)27-6-8-29-9-7-27/h4-5,10-12H,6-9,13H2,1-3H3. The first-order valence-corrected chi connectivity index (χ1v) is 10.5. The van der Waals surface area contributed by atoms with Crippen LogP contribution in [0.2, 0.25) is 10.0 Å². The van der Waals surface area contributed by atoms with Crippen molar-refractivity contribution in [2.75, 3.05) is 26.3 Å². The van der Waals surface area contributed by atoms with Gasteiger partial charge in [-0.15, -0.1) is 0 Å². The third-order valence-electron chi connectivity index (χ3n) is 5.69. The van der Waals surface area contributed by atoms with Gasteiger partial charge in [-0.2, -0.15) is 0 Å². The zero-order chi connectivity index (χ0) is 20.7. The first-order chi connectivity index (χ1) is 13.9. The van der Waals surface area contributed by atoms with Crippen molar-refractivity contribution in [2.45, 2.75) is 20.3 Å². The van der Waals surface area contributed by atoms with Gasteiger partial charge in [0.2, 0.25) is 0 Å². The maximum Gasteiger partial charge on any atom is 0.255 e. The number of benzene rings is 2. The number of ether oxygens (including phenoxy) is 1. The quantitative estimate of drug-likeness (QED) is 0.574. The largest absolute Gasteiger partial charge is 0.378 e. The lowest BCUT2D eigenvalue weighted by Gasteiger charge is -2.27. The highest BCUT2D eigenvalue weighted by Crippen LogP contribution is 2.33. The summed E-state index contributed by atoms with van der Waals surface area (Å²) in [6.45, 7) is 6.50. The molecular weight excluding hydrogens is 407 g/mol. The number of nitrogens with zero attached hydrogens (tertiary/aromatic N) is 2. The van der Waals surface area contributed by atoms with Crippen molar-refractivity contribution in [1.29, 1.82) is 0 Å². The number of rotatable bonds is 3. The Morgan fingerprint density at radius 2 is 1.83 bits per heavy atom. The molecule has 0 aliphatic carbocycles. The fourth-order valence-electron chi connectivity index (χ4n) is 4.05. The van der Waals surface area contributed by atoms with E-state index in [2.05, 4.69) is 43.7 Å². The van der Waals surface area contributed by atoms with Crippen molar-refractivity contribution >= 4 is 40.0 Å². The van der Waals surface area contributed by atoms with E-state index in [0.29, 0.717) is 48.3 Å². The highest BCUT2D eigenvalue weighted by atomic mass is 35.5. The Labute approximate surface area is 181 Å². The molecule has 1 aliphatic heterocycles. The third-order valence-corrected chi connectivity index (χ3v) is 6.47. The van der Waals surface area contributed by atoms with E-state index in [1.807, 2.05) is 0 Å². The Balaban J connectivity index is 1.72. The molecular formula is C23H24Cl2N2O2. The highest BCUT2D eigenvalue weighted by Gasteiger charge is 2.23. The van der Waals surface area contributed by atoms with Crippen LogP contribution in [-0.2, 0) is 18.2 Å². The van der Waals surface area contributed by atoms with Gasteiger partial charge >= 0.3 is 0 Å². The first kappa shape index (κ1) is 20.3. The maximum absolute atomic E-state index is 13.0. The van der Waals surface area contributed by atoms with Crippen LogP contribution in [0.1, 0.15) is 32.7 Å². The molecule has 4 rings (SSSR count). The van der Waals surface area contributed by atoms with E-state index in [4.69, 9.17) is 27.9 Å². The maximum atomic E-state index is 13.0. The molecule has 3 aromatic rings. The second-order valence-electron chi connectivity index (χ2n) is 7.68. The van der Waals surface area contributed by atoms with Gasteiger partial charge in [0.15, 0.2) is 0 Å². The lowest BCUT2D eigenvalue weighted by molar-refractivity contribution is 0.0303. The molecule has 1 aromatic heterocycles. The van der Waals surface area contributed by atoms with Crippen molar-refractivity contribution in [3.63, 3.8) is 0 Å². The van der Waals surface area contributed by atoms with E-state index in [1.54, 1.807) is 17.0 Å². The zero-order valence-electron chi connectivity index (χ0n) is 16.9. The van der Waals surface area contributed by atoms with Gasteiger partial charge in [-0.3, -0.25) is 4.79 Å². The molecule has 1 saturated heterocycles. The number of amides is 1. The van der Waals surface area contributed by atoms with Gasteiger partial charge in [0.05, 0.1) is 23.8 Å². The summed E-state index contributed by atoms with van der Waals surface area (Å²) in [6, 6.07) is 10.1. The average Bonchev–Trinajstić information content (AvgIpc) is 3.01. The molecule has 0 unspecified atom stereocenters. The first-order valence-electron chi connectivity index (χ1n) is 9.76. The highest BCUT2D eigenvalue weighted by molar-refractivity contribution is 6.38. The number of carbonyl (C=O) groups excluding carboxylic acids is 1. The van der Waals surface area contributed by atoms with Crippen LogP contribution < -0.4 is 0 Å². The predicted molar refractivity (Wildman–Crippen MR) is 118 cm³/mol. The van der Waals surface area contributed by atoms with Crippen molar-refractivity contribution in [3.05, 3.63) is 68.3 Å². The van der Waals surface area contributed by atoms with E-state index < -0.39 is 0 Å². The molecule has 1 fully saturated rings. The van der Waals surface area contributed by atoms with E-state index in [1.165, 1.54) is 22.0 Å². The number of hydrogen-bond acceptors (Lipinski definition) is 2. The molecule has 4 nitrogen and oxygen atoms in total. The predicted octanol–water partition coefficient (Wildman–Crippen LogP) is 5.17. The van der Waals surface area contributed by atoms with Gasteiger partial charge in [-0.05, 0) is 54.8 Å². The number of aryl methyl sites for hydroxylation is 3. The zero-order valence-corrected chi connectivity index (χ0v) is 18.4. The minimum atomic E-state index is -0.0697. The fourth-order valence-corrected chi connectivity index (χ4v) is 4.64. The Morgan fingerprint density at radius 1 is 1.10 bits per heavy atom. The molecule has 2 heterocycles. The molecule has 29 heavy (non-hydrogen) atoms. The Hall–Kier alpha value is -2.01. The molecule has 0 spiro atoms. The third kappa shape index (κ3) is 3.77. The molecule has 0 atom stereocenters. The van der Waals surface area contributed by atoms with Gasteiger partial charge in [0.1, 0.15) is 0 Å². The van der Waals surface area contributed by atoms with Crippen molar-refractivity contribution in [3.8, 4) is 0 Å². The second-order valence-corrected chi connectivity index (χ2v) is 8.46. The van der Waals surface area contributed by atoms with Gasteiger partial charge in [0, 0.05) is 48.2 Å². The molecule has 0 N–H and O–H groups in total. The van der Waals surface area contributed by atoms with E-state index in [0.717, 1.165) is 11.3 Å². The number of hydrogen-bond donors (Lipinski definition) is 0. The van der Waals surface area contributed by atoms with Crippen molar-refractivity contribution < 1.29 is 9.53 Å². The topological polar surface area (TPSA) is 34.5 Å². The van der Waals surface area contributed by atoms with Gasteiger partial charge < -0.3 is 14.2 Å². The average molecular weight is 431 g/mol. The summed E-state index contributed by atoms with van der Waals surface area (Å²) in [5, 5.41) is 2.24. The SMILES string of the molecule is Cc1cc(C)c2cc(Cc3c(Cl)ccc(C(=O)N4CCOCC4)c3Cl)n(C)c2c1. The van der Waals surface area contributed by atoms with Crippen LogP contribution in [0.15, 0.2) is 30.3 Å².